The van der Waals surface area contributed by atoms with Crippen LogP contribution >= 0.6 is 15.9 Å². The van der Waals surface area contributed by atoms with E-state index in [-0.39, 0.29) is 6.79 Å². The molecule has 14 heavy (non-hydrogen) atoms. The Kier molecular flexibility index (Phi) is 2.48. The molecule has 0 aromatic heterocycles. The van der Waals surface area contributed by atoms with E-state index in [9.17, 15) is 5.11 Å². The van der Waals surface area contributed by atoms with Crippen molar-refractivity contribution in [3.8, 4) is 11.5 Å². The van der Waals surface area contributed by atoms with Gasteiger partial charge in [-0.3, -0.25) is 0 Å². The Bertz CT molecular complexity index is 376. The van der Waals surface area contributed by atoms with Crippen molar-refractivity contribution in [1.29, 1.82) is 0 Å². The lowest BCUT2D eigenvalue weighted by atomic mass is 10.1. The van der Waals surface area contributed by atoms with Gasteiger partial charge in [0, 0.05) is 0 Å². The lowest BCUT2D eigenvalue weighted by molar-refractivity contribution is 0.173. The highest BCUT2D eigenvalue weighted by molar-refractivity contribution is 9.10. The first-order valence-electron chi connectivity index (χ1n) is 4.12. The third-order valence-corrected chi connectivity index (χ3v) is 2.60. The van der Waals surface area contributed by atoms with E-state index in [0.29, 0.717) is 11.5 Å². The summed E-state index contributed by atoms with van der Waals surface area (Å²) in [6.07, 6.45) is 0.782. The average molecular weight is 257 g/mol. The van der Waals surface area contributed by atoms with Crippen LogP contribution in [0.5, 0.6) is 11.5 Å². The highest BCUT2D eigenvalue weighted by atomic mass is 79.9. The first-order chi connectivity index (χ1) is 6.72. The van der Waals surface area contributed by atoms with E-state index in [4.69, 9.17) is 9.47 Å². The molecule has 0 bridgehead atoms. The summed E-state index contributed by atoms with van der Waals surface area (Å²) in [5.74, 6) is 1.33. The van der Waals surface area contributed by atoms with Crippen molar-refractivity contribution in [3.05, 3.63) is 34.8 Å². The molecule has 0 spiro atoms. The summed E-state index contributed by atoms with van der Waals surface area (Å²) >= 11 is 3.35. The molecule has 3 nitrogen and oxygen atoms in total. The maximum absolute atomic E-state index is 9.55. The number of benzene rings is 1. The Balaban J connectivity index is 2.46. The van der Waals surface area contributed by atoms with Gasteiger partial charge in [-0.2, -0.15) is 0 Å². The molecule has 1 aliphatic heterocycles. The Morgan fingerprint density at radius 3 is 3.00 bits per heavy atom. The summed E-state index contributed by atoms with van der Waals surface area (Å²) in [7, 11) is 0. The zero-order chi connectivity index (χ0) is 10.1. The van der Waals surface area contributed by atoms with E-state index < -0.39 is 6.10 Å². The van der Waals surface area contributed by atoms with Crippen LogP contribution in [0.15, 0.2) is 29.3 Å². The smallest absolute Gasteiger partial charge is 0.231 e. The second-order valence-electron chi connectivity index (χ2n) is 2.92. The Hall–Kier alpha value is -1.00. The molecule has 0 amide bonds. The normalized spacial score (nSPS) is 15.3. The topological polar surface area (TPSA) is 38.7 Å². The second-order valence-corrected chi connectivity index (χ2v) is 3.77. The van der Waals surface area contributed by atoms with Gasteiger partial charge in [0.05, 0.1) is 10.6 Å². The number of hydrogen-bond donors (Lipinski definition) is 1. The number of fused-ring (bicyclic) bond motifs is 1. The summed E-state index contributed by atoms with van der Waals surface area (Å²) in [4.78, 5) is 0. The lowest BCUT2D eigenvalue weighted by Gasteiger charge is -2.07. The predicted molar refractivity (Wildman–Crippen MR) is 55.4 cm³/mol. The molecule has 4 heteroatoms. The molecule has 0 radical (unpaired) electrons. The van der Waals surface area contributed by atoms with Gasteiger partial charge in [-0.25, -0.2) is 0 Å². The molecule has 1 aliphatic rings. The summed E-state index contributed by atoms with van der Waals surface area (Å²) in [5, 5.41) is 9.55. The van der Waals surface area contributed by atoms with Crippen molar-refractivity contribution in [1.82, 2.24) is 0 Å². The highest BCUT2D eigenvalue weighted by Crippen LogP contribution is 2.41. The van der Waals surface area contributed by atoms with Gasteiger partial charge in [-0.1, -0.05) is 6.08 Å². The molecule has 1 aromatic rings. The second kappa shape index (κ2) is 3.63. The fourth-order valence-electron chi connectivity index (χ4n) is 1.29. The molecule has 1 unspecified atom stereocenters. The predicted octanol–water partition coefficient (Wildman–Crippen LogP) is 2.40. The minimum atomic E-state index is -0.680. The van der Waals surface area contributed by atoms with Crippen molar-refractivity contribution in [2.24, 2.45) is 0 Å². The van der Waals surface area contributed by atoms with E-state index in [1.807, 2.05) is 0 Å². The minimum absolute atomic E-state index is 0.224. The summed E-state index contributed by atoms with van der Waals surface area (Å²) in [6.45, 7) is 3.75. The van der Waals surface area contributed by atoms with Crippen molar-refractivity contribution < 1.29 is 14.6 Å². The largest absolute Gasteiger partial charge is 0.454 e. The van der Waals surface area contributed by atoms with Gasteiger partial charge in [0.15, 0.2) is 11.5 Å². The molecular formula is C10H9BrO3. The zero-order valence-corrected chi connectivity index (χ0v) is 8.95. The fraction of sp³-hybridized carbons (Fsp3) is 0.200. The van der Waals surface area contributed by atoms with E-state index >= 15 is 0 Å². The van der Waals surface area contributed by atoms with Crippen LogP contribution in [0.25, 0.3) is 0 Å². The summed E-state index contributed by atoms with van der Waals surface area (Å²) in [5.41, 5.74) is 0.733. The van der Waals surface area contributed by atoms with Gasteiger partial charge < -0.3 is 14.6 Å². The van der Waals surface area contributed by atoms with Crippen molar-refractivity contribution in [2.75, 3.05) is 6.79 Å². The number of rotatable bonds is 2. The molecule has 0 fully saturated rings. The van der Waals surface area contributed by atoms with Crippen molar-refractivity contribution in [3.63, 3.8) is 0 Å². The summed E-state index contributed by atoms with van der Waals surface area (Å²) < 4.78 is 11.2. The molecule has 0 saturated heterocycles. The molecular weight excluding hydrogens is 248 g/mol. The molecule has 74 valence electrons. The van der Waals surface area contributed by atoms with Gasteiger partial charge in [0.25, 0.3) is 0 Å². The molecule has 0 saturated carbocycles. The van der Waals surface area contributed by atoms with Crippen LogP contribution in [-0.2, 0) is 0 Å². The van der Waals surface area contributed by atoms with Gasteiger partial charge in [0.2, 0.25) is 6.79 Å². The maximum atomic E-state index is 9.55. The number of aliphatic hydroxyl groups is 1. The molecule has 1 aromatic carbocycles. The van der Waals surface area contributed by atoms with E-state index in [2.05, 4.69) is 22.5 Å². The van der Waals surface area contributed by atoms with Gasteiger partial charge >= 0.3 is 0 Å². The molecule has 1 N–H and O–H groups in total. The number of ether oxygens (including phenoxy) is 2. The first kappa shape index (κ1) is 9.55. The number of hydrogen-bond acceptors (Lipinski definition) is 3. The van der Waals surface area contributed by atoms with Crippen LogP contribution in [0.4, 0.5) is 0 Å². The number of halogens is 1. The van der Waals surface area contributed by atoms with Crippen LogP contribution in [0.2, 0.25) is 0 Å². The molecule has 1 heterocycles. The Labute approximate surface area is 90.1 Å². The average Bonchev–Trinajstić information content (AvgIpc) is 2.64. The van der Waals surface area contributed by atoms with Crippen molar-refractivity contribution >= 4 is 15.9 Å². The van der Waals surface area contributed by atoms with Crippen LogP contribution in [0.1, 0.15) is 11.7 Å². The Morgan fingerprint density at radius 2 is 2.29 bits per heavy atom. The molecule has 1 atom stereocenters. The van der Waals surface area contributed by atoms with E-state index in [1.165, 1.54) is 6.08 Å². The highest BCUT2D eigenvalue weighted by Gasteiger charge is 2.19. The van der Waals surface area contributed by atoms with E-state index in [1.54, 1.807) is 12.1 Å². The quantitative estimate of drug-likeness (QED) is 0.827. The fourth-order valence-corrected chi connectivity index (χ4v) is 1.87. The third kappa shape index (κ3) is 1.51. The standard InChI is InChI=1S/C10H9BrO3/c1-2-8(12)6-3-7(11)10-9(4-6)13-5-14-10/h2-4,8,12H,1,5H2. The monoisotopic (exact) mass is 256 g/mol. The third-order valence-electron chi connectivity index (χ3n) is 2.01. The van der Waals surface area contributed by atoms with Crippen LogP contribution in [0.3, 0.4) is 0 Å². The Morgan fingerprint density at radius 1 is 1.50 bits per heavy atom. The van der Waals surface area contributed by atoms with Gasteiger partial charge in [-0.15, -0.1) is 6.58 Å². The number of aliphatic hydroxyl groups excluding tert-OH is 1. The van der Waals surface area contributed by atoms with Crippen molar-refractivity contribution in [2.45, 2.75) is 6.10 Å². The first-order valence-corrected chi connectivity index (χ1v) is 4.91. The minimum Gasteiger partial charge on any atom is -0.454 e. The van der Waals surface area contributed by atoms with Gasteiger partial charge in [0.1, 0.15) is 0 Å². The molecule has 2 rings (SSSR count). The summed E-state index contributed by atoms with van der Waals surface area (Å²) in [6, 6.07) is 3.54. The van der Waals surface area contributed by atoms with Crippen LogP contribution in [0, 0.1) is 0 Å². The lowest BCUT2D eigenvalue weighted by Crippen LogP contribution is -1.93. The van der Waals surface area contributed by atoms with E-state index in [0.717, 1.165) is 10.0 Å². The maximum Gasteiger partial charge on any atom is 0.231 e. The van der Waals surface area contributed by atoms with Gasteiger partial charge in [-0.05, 0) is 33.6 Å². The zero-order valence-electron chi connectivity index (χ0n) is 7.37. The van der Waals surface area contributed by atoms with Crippen LogP contribution in [-0.4, -0.2) is 11.9 Å². The van der Waals surface area contributed by atoms with Crippen LogP contribution < -0.4 is 9.47 Å². The molecule has 0 aliphatic carbocycles. The SMILES string of the molecule is C=CC(O)c1cc(Br)c2c(c1)OCO2.